The monoisotopic (exact) mass is 477 g/mol. The summed E-state index contributed by atoms with van der Waals surface area (Å²) < 4.78 is 45.3. The highest BCUT2D eigenvalue weighted by atomic mass is 35.5. The lowest BCUT2D eigenvalue weighted by molar-refractivity contribution is -0.127. The molecular weight excluding hydrogens is 459 g/mol. The minimum atomic E-state index is -1.17. The molecule has 7 nitrogen and oxygen atoms in total. The first-order valence-corrected chi connectivity index (χ1v) is 10.4. The lowest BCUT2D eigenvalue weighted by Crippen LogP contribution is -2.43. The quantitative estimate of drug-likeness (QED) is 0.682. The largest absolute Gasteiger partial charge is 0.326 e. The summed E-state index contributed by atoms with van der Waals surface area (Å²) in [5.41, 5.74) is 0.0327. The second kappa shape index (κ2) is 9.14. The van der Waals surface area contributed by atoms with Crippen molar-refractivity contribution in [2.75, 3.05) is 11.9 Å². The lowest BCUT2D eigenvalue weighted by atomic mass is 10.1. The van der Waals surface area contributed by atoms with Gasteiger partial charge < -0.3 is 15.5 Å². The molecule has 3 amide bonds. The minimum Gasteiger partial charge on any atom is -0.326 e. The number of halogens is 4. The summed E-state index contributed by atoms with van der Waals surface area (Å²) in [5.74, 6) is -3.61. The molecule has 2 aliphatic rings. The van der Waals surface area contributed by atoms with Gasteiger partial charge in [0.05, 0.1) is 17.1 Å². The molecule has 172 valence electrons. The van der Waals surface area contributed by atoms with Crippen molar-refractivity contribution in [3.8, 4) is 0 Å². The van der Waals surface area contributed by atoms with Crippen LogP contribution in [0.2, 0.25) is 5.02 Å². The molecule has 33 heavy (non-hydrogen) atoms. The number of hydrogen-bond donors (Lipinski definition) is 2. The molecule has 0 unspecified atom stereocenters. The Hall–Kier alpha value is -3.53. The van der Waals surface area contributed by atoms with Crippen molar-refractivity contribution in [1.82, 2.24) is 20.0 Å². The summed E-state index contributed by atoms with van der Waals surface area (Å²) in [7, 11) is 1.67. The third kappa shape index (κ3) is 4.65. The molecule has 0 radical (unpaired) electrons. The number of benzene rings is 1. The zero-order chi connectivity index (χ0) is 23.7. The maximum absolute atomic E-state index is 15.0. The molecule has 4 rings (SSSR count). The molecule has 2 aromatic rings. The van der Waals surface area contributed by atoms with Crippen LogP contribution in [0.1, 0.15) is 18.5 Å². The first-order valence-electron chi connectivity index (χ1n) is 10.0. The number of hydrogen-bond acceptors (Lipinski definition) is 3. The van der Waals surface area contributed by atoms with E-state index in [9.17, 15) is 18.4 Å². The van der Waals surface area contributed by atoms with Crippen molar-refractivity contribution in [2.45, 2.75) is 18.9 Å². The van der Waals surface area contributed by atoms with Gasteiger partial charge in [-0.15, -0.1) is 0 Å². The Balaban J connectivity index is 1.49. The van der Waals surface area contributed by atoms with Gasteiger partial charge in [-0.25, -0.2) is 18.0 Å². The molecule has 0 bridgehead atoms. The fraction of sp³-hybridized carbons (Fsp3) is 0.227. The highest BCUT2D eigenvalue weighted by Gasteiger charge is 2.36. The van der Waals surface area contributed by atoms with Crippen LogP contribution in [0.15, 0.2) is 60.0 Å². The Morgan fingerprint density at radius 3 is 2.70 bits per heavy atom. The average Bonchev–Trinajstić information content (AvgIpc) is 3.31. The number of aryl methyl sites for hydroxylation is 1. The van der Waals surface area contributed by atoms with Crippen molar-refractivity contribution in [3.63, 3.8) is 0 Å². The zero-order valence-corrected chi connectivity index (χ0v) is 18.2. The number of carbonyl (C=O) groups is 2. The highest BCUT2D eigenvalue weighted by molar-refractivity contribution is 6.30. The maximum atomic E-state index is 15.0. The Morgan fingerprint density at radius 1 is 1.21 bits per heavy atom. The fourth-order valence-electron chi connectivity index (χ4n) is 3.66. The number of nitrogens with one attached hydrogen (secondary N) is 2. The molecule has 0 spiro atoms. The van der Waals surface area contributed by atoms with Crippen molar-refractivity contribution in [1.29, 1.82) is 0 Å². The molecule has 1 saturated heterocycles. The standard InChI is InChI=1S/C22H19ClF3N5O2/c1-30-9-7-15(29-30)13-3-2-4-18(20(26)19(13)25)31-10-8-17(21(31)32)28-22(33)27-16-6-5-12(23)11-14(16)24/h2,4-7,9,11,17H,3,8,10H2,1H3,(H2,27,28,33)/t17-/m1/s1. The van der Waals surface area contributed by atoms with Crippen LogP contribution >= 0.6 is 11.6 Å². The van der Waals surface area contributed by atoms with Crippen molar-refractivity contribution >= 4 is 34.8 Å². The normalized spacial score (nSPS) is 18.8. The van der Waals surface area contributed by atoms with Crippen LogP contribution in [0.4, 0.5) is 23.7 Å². The van der Waals surface area contributed by atoms with E-state index in [1.165, 1.54) is 22.9 Å². The minimum absolute atomic E-state index is 0.0678. The van der Waals surface area contributed by atoms with Gasteiger partial charge in [0, 0.05) is 30.4 Å². The van der Waals surface area contributed by atoms with Gasteiger partial charge in [-0.1, -0.05) is 17.7 Å². The summed E-state index contributed by atoms with van der Waals surface area (Å²) in [6, 6.07) is 3.49. The number of urea groups is 1. The van der Waals surface area contributed by atoms with Gasteiger partial charge in [0.2, 0.25) is 5.91 Å². The predicted molar refractivity (Wildman–Crippen MR) is 117 cm³/mol. The van der Waals surface area contributed by atoms with Crippen LogP contribution in [0.3, 0.4) is 0 Å². The summed E-state index contributed by atoms with van der Waals surface area (Å²) in [6.45, 7) is 0.0678. The van der Waals surface area contributed by atoms with E-state index >= 15 is 4.39 Å². The predicted octanol–water partition coefficient (Wildman–Crippen LogP) is 4.46. The van der Waals surface area contributed by atoms with Gasteiger partial charge in [-0.05, 0) is 43.2 Å². The number of likely N-dealkylation sites (tertiary alicyclic amines) is 1. The molecule has 1 aliphatic carbocycles. The molecule has 1 aliphatic heterocycles. The van der Waals surface area contributed by atoms with Gasteiger partial charge in [0.15, 0.2) is 11.7 Å². The Morgan fingerprint density at radius 2 is 2.00 bits per heavy atom. The lowest BCUT2D eigenvalue weighted by Gasteiger charge is -2.19. The van der Waals surface area contributed by atoms with Crippen LogP contribution in [0.25, 0.3) is 5.57 Å². The van der Waals surface area contributed by atoms with Crippen LogP contribution < -0.4 is 10.6 Å². The number of amides is 3. The van der Waals surface area contributed by atoms with Crippen LogP contribution in [0.5, 0.6) is 0 Å². The summed E-state index contributed by atoms with van der Waals surface area (Å²) in [6.07, 6.45) is 4.77. The molecular formula is C22H19ClF3N5O2. The van der Waals surface area contributed by atoms with Gasteiger partial charge in [-0.2, -0.15) is 5.10 Å². The molecule has 0 saturated carbocycles. The Kier molecular flexibility index (Phi) is 6.28. The van der Waals surface area contributed by atoms with Crippen LogP contribution in [-0.2, 0) is 11.8 Å². The second-order valence-corrected chi connectivity index (χ2v) is 7.96. The van der Waals surface area contributed by atoms with Gasteiger partial charge in [0.25, 0.3) is 0 Å². The Bertz CT molecular complexity index is 1220. The van der Waals surface area contributed by atoms with Gasteiger partial charge in [-0.3, -0.25) is 9.48 Å². The van der Waals surface area contributed by atoms with E-state index in [-0.39, 0.29) is 41.4 Å². The van der Waals surface area contributed by atoms with Crippen LogP contribution in [0, 0.1) is 5.82 Å². The van der Waals surface area contributed by atoms with Crippen molar-refractivity contribution < 1.29 is 22.8 Å². The number of aromatic nitrogens is 2. The van der Waals surface area contributed by atoms with E-state index in [1.54, 1.807) is 25.4 Å². The number of allylic oxidation sites excluding steroid dienone is 5. The molecule has 1 aromatic carbocycles. The number of nitrogens with zero attached hydrogens (tertiary/aromatic N) is 3. The van der Waals surface area contributed by atoms with E-state index in [4.69, 9.17) is 11.6 Å². The molecule has 2 N–H and O–H groups in total. The second-order valence-electron chi connectivity index (χ2n) is 7.53. The topological polar surface area (TPSA) is 79.3 Å². The van der Waals surface area contributed by atoms with Crippen molar-refractivity contribution in [2.24, 2.45) is 7.05 Å². The first kappa shape index (κ1) is 22.7. The van der Waals surface area contributed by atoms with Crippen molar-refractivity contribution in [3.05, 3.63) is 76.5 Å². The number of anilines is 1. The van der Waals surface area contributed by atoms with E-state index in [0.717, 1.165) is 11.0 Å². The SMILES string of the molecule is Cn1ccc(C2=C(F)C(F)=C(N3CC[C@@H](NC(=O)Nc4ccc(Cl)cc4F)C3=O)C=CC2)n1. The van der Waals surface area contributed by atoms with E-state index in [0.29, 0.717) is 5.69 Å². The fourth-order valence-corrected chi connectivity index (χ4v) is 3.82. The van der Waals surface area contributed by atoms with Gasteiger partial charge >= 0.3 is 6.03 Å². The van der Waals surface area contributed by atoms with E-state index in [1.807, 2.05) is 0 Å². The van der Waals surface area contributed by atoms with Crippen LogP contribution in [-0.4, -0.2) is 39.2 Å². The number of carbonyl (C=O) groups excluding carboxylic acids is 2. The summed E-state index contributed by atoms with van der Waals surface area (Å²) >= 11 is 5.69. The third-order valence-corrected chi connectivity index (χ3v) is 5.52. The third-order valence-electron chi connectivity index (χ3n) is 5.28. The number of rotatable bonds is 4. The Labute approximate surface area is 192 Å². The molecule has 1 aromatic heterocycles. The summed E-state index contributed by atoms with van der Waals surface area (Å²) in [5, 5.41) is 9.02. The van der Waals surface area contributed by atoms with Gasteiger partial charge in [0.1, 0.15) is 11.9 Å². The summed E-state index contributed by atoms with van der Waals surface area (Å²) in [4.78, 5) is 26.1. The average molecular weight is 478 g/mol. The van der Waals surface area contributed by atoms with E-state index < -0.39 is 35.5 Å². The van der Waals surface area contributed by atoms with E-state index in [2.05, 4.69) is 15.7 Å². The molecule has 2 heterocycles. The molecule has 11 heteroatoms. The smallest absolute Gasteiger partial charge is 0.319 e. The highest BCUT2D eigenvalue weighted by Crippen LogP contribution is 2.35. The molecule has 1 atom stereocenters. The molecule has 1 fully saturated rings. The zero-order valence-electron chi connectivity index (χ0n) is 17.4. The first-order chi connectivity index (χ1) is 15.7. The maximum Gasteiger partial charge on any atom is 0.319 e.